The van der Waals surface area contributed by atoms with Crippen molar-refractivity contribution in [2.45, 2.75) is 25.4 Å². The Balaban J connectivity index is 1.29. The van der Waals surface area contributed by atoms with Gasteiger partial charge in [0.1, 0.15) is 12.4 Å². The van der Waals surface area contributed by atoms with Gasteiger partial charge >= 0.3 is 0 Å². The van der Waals surface area contributed by atoms with Gasteiger partial charge in [0.15, 0.2) is 0 Å². The van der Waals surface area contributed by atoms with Gasteiger partial charge in [-0.25, -0.2) is 0 Å². The third-order valence-corrected chi connectivity index (χ3v) is 5.79. The van der Waals surface area contributed by atoms with Crippen LogP contribution in [0, 0.1) is 0 Å². The standard InChI is InChI=1S/C24H30N2O3/c27-24(22-10-4-5-11-23(22)29-19-21-9-6-18-28-21)26-16-14-25(15-17-26)13-12-20-7-2-1-3-8-20/h1-5,7-8,10-11,21H,6,9,12-19H2. The summed E-state index contributed by atoms with van der Waals surface area (Å²) in [6.07, 6.45) is 3.31. The second-order valence-corrected chi connectivity index (χ2v) is 7.81. The second-order valence-electron chi connectivity index (χ2n) is 7.81. The average molecular weight is 395 g/mol. The highest BCUT2D eigenvalue weighted by atomic mass is 16.5. The van der Waals surface area contributed by atoms with Crippen LogP contribution in [0.2, 0.25) is 0 Å². The molecule has 2 aromatic carbocycles. The first kappa shape index (κ1) is 19.9. The maximum Gasteiger partial charge on any atom is 0.257 e. The molecule has 0 spiro atoms. The number of ether oxygens (including phenoxy) is 2. The van der Waals surface area contributed by atoms with Crippen LogP contribution in [0.1, 0.15) is 28.8 Å². The highest BCUT2D eigenvalue weighted by molar-refractivity contribution is 5.97. The zero-order valence-corrected chi connectivity index (χ0v) is 17.0. The number of hydrogen-bond acceptors (Lipinski definition) is 4. The van der Waals surface area contributed by atoms with Crippen molar-refractivity contribution in [3.8, 4) is 5.75 Å². The largest absolute Gasteiger partial charge is 0.490 e. The molecular formula is C24H30N2O3. The SMILES string of the molecule is O=C(c1ccccc1OCC1CCCO1)N1CCN(CCc2ccccc2)CC1. The van der Waals surface area contributed by atoms with Crippen molar-refractivity contribution in [2.24, 2.45) is 0 Å². The molecule has 2 aliphatic heterocycles. The Morgan fingerprint density at radius 1 is 1.00 bits per heavy atom. The van der Waals surface area contributed by atoms with Crippen LogP contribution in [0.3, 0.4) is 0 Å². The molecule has 2 aromatic rings. The van der Waals surface area contributed by atoms with Crippen LogP contribution in [0.4, 0.5) is 0 Å². The van der Waals surface area contributed by atoms with Crippen molar-refractivity contribution in [3.63, 3.8) is 0 Å². The summed E-state index contributed by atoms with van der Waals surface area (Å²) in [6, 6.07) is 18.2. The van der Waals surface area contributed by atoms with Crippen LogP contribution in [0.5, 0.6) is 5.75 Å². The number of para-hydroxylation sites is 1. The van der Waals surface area contributed by atoms with Gasteiger partial charge in [-0.1, -0.05) is 42.5 Å². The lowest BCUT2D eigenvalue weighted by Gasteiger charge is -2.35. The Hall–Kier alpha value is -2.37. The summed E-state index contributed by atoms with van der Waals surface area (Å²) in [4.78, 5) is 17.5. The number of carbonyl (C=O) groups excluding carboxylic acids is 1. The van der Waals surface area contributed by atoms with E-state index < -0.39 is 0 Å². The van der Waals surface area contributed by atoms with Crippen LogP contribution >= 0.6 is 0 Å². The summed E-state index contributed by atoms with van der Waals surface area (Å²) in [6.45, 7) is 5.70. The average Bonchev–Trinajstić information content (AvgIpc) is 3.31. The lowest BCUT2D eigenvalue weighted by molar-refractivity contribution is 0.0600. The molecule has 154 valence electrons. The van der Waals surface area contributed by atoms with Crippen molar-refractivity contribution in [2.75, 3.05) is 45.9 Å². The summed E-state index contributed by atoms with van der Waals surface area (Å²) < 4.78 is 11.6. The van der Waals surface area contributed by atoms with E-state index in [0.717, 1.165) is 58.6 Å². The molecule has 1 atom stereocenters. The minimum absolute atomic E-state index is 0.0654. The molecule has 5 nitrogen and oxygen atoms in total. The number of benzene rings is 2. The fourth-order valence-electron chi connectivity index (χ4n) is 4.00. The van der Waals surface area contributed by atoms with Crippen molar-refractivity contribution >= 4 is 5.91 Å². The maximum atomic E-state index is 13.1. The molecule has 1 unspecified atom stereocenters. The van der Waals surface area contributed by atoms with E-state index in [2.05, 4.69) is 35.2 Å². The van der Waals surface area contributed by atoms with Gasteiger partial charge in [-0.2, -0.15) is 0 Å². The molecule has 1 amide bonds. The quantitative estimate of drug-likeness (QED) is 0.723. The Labute approximate surface area is 173 Å². The van der Waals surface area contributed by atoms with Gasteiger partial charge in [0.05, 0.1) is 11.7 Å². The predicted molar refractivity (Wildman–Crippen MR) is 113 cm³/mol. The van der Waals surface area contributed by atoms with Crippen LogP contribution in [0.15, 0.2) is 54.6 Å². The first-order valence-electron chi connectivity index (χ1n) is 10.7. The molecule has 0 aromatic heterocycles. The molecule has 4 rings (SSSR count). The summed E-state index contributed by atoms with van der Waals surface area (Å²) in [5, 5.41) is 0. The summed E-state index contributed by atoms with van der Waals surface area (Å²) in [5.74, 6) is 0.732. The normalized spacial score (nSPS) is 20.0. The molecule has 2 heterocycles. The number of hydrogen-bond donors (Lipinski definition) is 0. The Kier molecular flexibility index (Phi) is 6.80. The molecule has 0 aliphatic carbocycles. The monoisotopic (exact) mass is 394 g/mol. The van der Waals surface area contributed by atoms with Gasteiger partial charge in [-0.15, -0.1) is 0 Å². The third-order valence-electron chi connectivity index (χ3n) is 5.79. The highest BCUT2D eigenvalue weighted by Crippen LogP contribution is 2.22. The van der Waals surface area contributed by atoms with Crippen LogP contribution in [0.25, 0.3) is 0 Å². The zero-order valence-electron chi connectivity index (χ0n) is 17.0. The topological polar surface area (TPSA) is 42.0 Å². The lowest BCUT2D eigenvalue weighted by Crippen LogP contribution is -2.49. The van der Waals surface area contributed by atoms with E-state index in [-0.39, 0.29) is 12.0 Å². The molecule has 2 fully saturated rings. The fraction of sp³-hybridized carbons (Fsp3) is 0.458. The maximum absolute atomic E-state index is 13.1. The van der Waals surface area contributed by atoms with Gasteiger partial charge in [0, 0.05) is 39.3 Å². The lowest BCUT2D eigenvalue weighted by atomic mass is 10.1. The van der Waals surface area contributed by atoms with Crippen LogP contribution < -0.4 is 4.74 Å². The van der Waals surface area contributed by atoms with E-state index in [9.17, 15) is 4.79 Å². The van der Waals surface area contributed by atoms with Crippen LogP contribution in [-0.4, -0.2) is 67.7 Å². The smallest absolute Gasteiger partial charge is 0.257 e. The van der Waals surface area contributed by atoms with Gasteiger partial charge in [-0.05, 0) is 37.0 Å². The molecule has 5 heteroatoms. The van der Waals surface area contributed by atoms with Crippen LogP contribution in [-0.2, 0) is 11.2 Å². The van der Waals surface area contributed by atoms with Crippen molar-refractivity contribution in [3.05, 3.63) is 65.7 Å². The Morgan fingerprint density at radius 2 is 1.76 bits per heavy atom. The number of nitrogens with zero attached hydrogens (tertiary/aromatic N) is 2. The first-order chi connectivity index (χ1) is 14.3. The van der Waals surface area contributed by atoms with E-state index >= 15 is 0 Å². The molecule has 0 N–H and O–H groups in total. The van der Waals surface area contributed by atoms with Gasteiger partial charge in [0.2, 0.25) is 0 Å². The predicted octanol–water partition coefficient (Wildman–Crippen LogP) is 3.24. The summed E-state index contributed by atoms with van der Waals surface area (Å²) in [5.41, 5.74) is 2.02. The first-order valence-corrected chi connectivity index (χ1v) is 10.7. The van der Waals surface area contributed by atoms with Gasteiger partial charge in [-0.3, -0.25) is 9.69 Å². The summed E-state index contributed by atoms with van der Waals surface area (Å²) >= 11 is 0. The number of amides is 1. The molecule has 0 saturated carbocycles. The van der Waals surface area contributed by atoms with Crippen molar-refractivity contribution < 1.29 is 14.3 Å². The van der Waals surface area contributed by atoms with E-state index in [4.69, 9.17) is 9.47 Å². The molecular weight excluding hydrogens is 364 g/mol. The second kappa shape index (κ2) is 9.90. The van der Waals surface area contributed by atoms with Gasteiger partial charge in [0.25, 0.3) is 5.91 Å². The van der Waals surface area contributed by atoms with E-state index in [0.29, 0.717) is 17.9 Å². The Bertz CT molecular complexity index is 782. The number of rotatable bonds is 7. The summed E-state index contributed by atoms with van der Waals surface area (Å²) in [7, 11) is 0. The molecule has 0 bridgehead atoms. The fourth-order valence-corrected chi connectivity index (χ4v) is 4.00. The highest BCUT2D eigenvalue weighted by Gasteiger charge is 2.25. The van der Waals surface area contributed by atoms with Crippen molar-refractivity contribution in [1.29, 1.82) is 0 Å². The molecule has 29 heavy (non-hydrogen) atoms. The van der Waals surface area contributed by atoms with E-state index in [1.54, 1.807) is 0 Å². The van der Waals surface area contributed by atoms with E-state index in [1.165, 1.54) is 5.56 Å². The Morgan fingerprint density at radius 3 is 2.52 bits per heavy atom. The zero-order chi connectivity index (χ0) is 19.9. The number of carbonyl (C=O) groups is 1. The molecule has 2 aliphatic rings. The minimum Gasteiger partial charge on any atom is -0.490 e. The van der Waals surface area contributed by atoms with Crippen molar-refractivity contribution in [1.82, 2.24) is 9.80 Å². The third kappa shape index (κ3) is 5.37. The van der Waals surface area contributed by atoms with E-state index in [1.807, 2.05) is 29.2 Å². The minimum atomic E-state index is 0.0654. The number of piperazine rings is 1. The van der Waals surface area contributed by atoms with Gasteiger partial charge < -0.3 is 14.4 Å². The molecule has 0 radical (unpaired) electrons. The molecule has 2 saturated heterocycles.